The number of amides is 1. The third-order valence-electron chi connectivity index (χ3n) is 5.16. The summed E-state index contributed by atoms with van der Waals surface area (Å²) in [4.78, 5) is 33.6. The van der Waals surface area contributed by atoms with E-state index in [0.29, 0.717) is 35.7 Å². The Labute approximate surface area is 201 Å². The molecule has 1 aromatic heterocycles. The van der Waals surface area contributed by atoms with Crippen LogP contribution in [0.1, 0.15) is 25.6 Å². The summed E-state index contributed by atoms with van der Waals surface area (Å²) in [5, 5.41) is 11.4. The second-order valence-corrected chi connectivity index (χ2v) is 9.90. The number of carbonyl (C=O) groups excluding carboxylic acids is 1. The molecule has 1 aliphatic heterocycles. The molecule has 0 radical (unpaired) electrons. The van der Waals surface area contributed by atoms with Crippen LogP contribution in [0.15, 0.2) is 18.2 Å². The molecule has 2 heterocycles. The van der Waals surface area contributed by atoms with Crippen molar-refractivity contribution in [1.29, 1.82) is 0 Å². The molecule has 0 bridgehead atoms. The van der Waals surface area contributed by atoms with Gasteiger partial charge in [-0.3, -0.25) is 4.79 Å². The van der Waals surface area contributed by atoms with Crippen LogP contribution < -0.4 is 4.90 Å². The van der Waals surface area contributed by atoms with E-state index in [1.165, 1.54) is 4.90 Å². The van der Waals surface area contributed by atoms with Gasteiger partial charge in [0, 0.05) is 30.1 Å². The van der Waals surface area contributed by atoms with E-state index < -0.39 is 12.0 Å². The van der Waals surface area contributed by atoms with Gasteiger partial charge in [-0.2, -0.15) is 0 Å². The van der Waals surface area contributed by atoms with Gasteiger partial charge in [0.25, 0.3) is 0 Å². The highest BCUT2D eigenvalue weighted by molar-refractivity contribution is 7.16. The third-order valence-corrected chi connectivity index (χ3v) is 7.04. The lowest BCUT2D eigenvalue weighted by Crippen LogP contribution is -2.59. The lowest BCUT2D eigenvalue weighted by molar-refractivity contribution is -0.152. The van der Waals surface area contributed by atoms with Crippen molar-refractivity contribution in [1.82, 2.24) is 9.88 Å². The number of ether oxygens (including phenoxy) is 1. The predicted molar refractivity (Wildman–Crippen MR) is 128 cm³/mol. The summed E-state index contributed by atoms with van der Waals surface area (Å²) in [5.74, 6) is -0.928. The first-order valence-electron chi connectivity index (χ1n) is 10.5. The number of piperazine rings is 1. The minimum atomic E-state index is -1.04. The molecule has 7 nitrogen and oxygen atoms in total. The first-order chi connectivity index (χ1) is 15.2. The Hall–Kier alpha value is -1.87. The van der Waals surface area contributed by atoms with Gasteiger partial charge in [0.1, 0.15) is 12.6 Å². The van der Waals surface area contributed by atoms with Crippen molar-refractivity contribution in [2.24, 2.45) is 5.92 Å². The molecule has 2 aromatic rings. The first kappa shape index (κ1) is 24.8. The quantitative estimate of drug-likeness (QED) is 0.577. The maximum Gasteiger partial charge on any atom is 0.328 e. The maximum absolute atomic E-state index is 12.4. The van der Waals surface area contributed by atoms with Crippen LogP contribution in [0.25, 0.3) is 11.3 Å². The standard InChI is InChI=1S/C22H27Cl2N3O4S/c1-4-31-12-19(28)27-8-7-26(11-17(27)21(29)30)22-25-20(18(32-22)9-13(2)3)14-5-6-15(23)16(24)10-14/h5-6,10,13,17H,4,7-9,11-12H2,1-3H3,(H,29,30). The summed E-state index contributed by atoms with van der Waals surface area (Å²) in [6.45, 7) is 7.32. The van der Waals surface area contributed by atoms with Crippen LogP contribution in [0.3, 0.4) is 0 Å². The zero-order valence-corrected chi connectivity index (χ0v) is 20.6. The molecular formula is C22H27Cl2N3O4S. The average molecular weight is 500 g/mol. The van der Waals surface area contributed by atoms with E-state index in [0.717, 1.165) is 27.7 Å². The van der Waals surface area contributed by atoms with Crippen LogP contribution in [0.2, 0.25) is 10.0 Å². The monoisotopic (exact) mass is 499 g/mol. The Bertz CT molecular complexity index is 982. The molecule has 1 aromatic carbocycles. The predicted octanol–water partition coefficient (Wildman–Crippen LogP) is 4.45. The summed E-state index contributed by atoms with van der Waals surface area (Å²) >= 11 is 13.9. The van der Waals surface area contributed by atoms with E-state index in [1.807, 2.05) is 11.0 Å². The van der Waals surface area contributed by atoms with Crippen molar-refractivity contribution in [2.45, 2.75) is 33.2 Å². The molecule has 0 aliphatic carbocycles. The number of carboxylic acid groups (broad SMARTS) is 1. The number of aromatic nitrogens is 1. The van der Waals surface area contributed by atoms with Gasteiger partial charge in [-0.1, -0.05) is 43.1 Å². The van der Waals surface area contributed by atoms with E-state index in [2.05, 4.69) is 13.8 Å². The van der Waals surface area contributed by atoms with Gasteiger partial charge in [-0.25, -0.2) is 9.78 Å². The SMILES string of the molecule is CCOCC(=O)N1CCN(c2nc(-c3ccc(Cl)c(Cl)c3)c(CC(C)C)s2)CC1C(=O)O. The highest BCUT2D eigenvalue weighted by atomic mass is 35.5. The number of thiazole rings is 1. The second kappa shape index (κ2) is 10.8. The topological polar surface area (TPSA) is 83.0 Å². The van der Waals surface area contributed by atoms with Gasteiger partial charge in [0.15, 0.2) is 5.13 Å². The fourth-order valence-electron chi connectivity index (χ4n) is 3.59. The van der Waals surface area contributed by atoms with Crippen LogP contribution in [0.4, 0.5) is 5.13 Å². The van der Waals surface area contributed by atoms with Crippen LogP contribution in [0, 0.1) is 5.92 Å². The number of hydrogen-bond donors (Lipinski definition) is 1. The van der Waals surface area contributed by atoms with Gasteiger partial charge >= 0.3 is 5.97 Å². The number of benzene rings is 1. The van der Waals surface area contributed by atoms with Crippen molar-refractivity contribution in [3.63, 3.8) is 0 Å². The Kier molecular flexibility index (Phi) is 8.38. The van der Waals surface area contributed by atoms with E-state index in [1.54, 1.807) is 30.4 Å². The number of halogens is 2. The lowest BCUT2D eigenvalue weighted by Gasteiger charge is -2.39. The molecular weight excluding hydrogens is 473 g/mol. The number of nitrogens with zero attached hydrogens (tertiary/aromatic N) is 3. The molecule has 1 atom stereocenters. The summed E-state index contributed by atoms with van der Waals surface area (Å²) in [6.07, 6.45) is 0.836. The van der Waals surface area contributed by atoms with Crippen LogP contribution in [0.5, 0.6) is 0 Å². The summed E-state index contributed by atoms with van der Waals surface area (Å²) in [5.41, 5.74) is 1.71. The summed E-state index contributed by atoms with van der Waals surface area (Å²) in [7, 11) is 0. The van der Waals surface area contributed by atoms with Crippen molar-refractivity contribution < 1.29 is 19.4 Å². The number of carboxylic acids is 1. The Morgan fingerprint density at radius 1 is 1.28 bits per heavy atom. The van der Waals surface area contributed by atoms with Gasteiger partial charge in [0.2, 0.25) is 5.91 Å². The minimum absolute atomic E-state index is 0.114. The molecule has 0 saturated carbocycles. The lowest BCUT2D eigenvalue weighted by atomic mass is 10.0. The number of carbonyl (C=O) groups is 2. The van der Waals surface area contributed by atoms with E-state index in [-0.39, 0.29) is 19.1 Å². The van der Waals surface area contributed by atoms with E-state index >= 15 is 0 Å². The first-order valence-corrected chi connectivity index (χ1v) is 12.1. The Morgan fingerprint density at radius 2 is 2.03 bits per heavy atom. The molecule has 0 spiro atoms. The molecule has 1 saturated heterocycles. The van der Waals surface area contributed by atoms with Crippen molar-refractivity contribution in [3.8, 4) is 11.3 Å². The highest BCUT2D eigenvalue weighted by Gasteiger charge is 2.36. The van der Waals surface area contributed by atoms with E-state index in [9.17, 15) is 14.7 Å². The largest absolute Gasteiger partial charge is 0.480 e. The van der Waals surface area contributed by atoms with Gasteiger partial charge in [-0.05, 0) is 31.4 Å². The van der Waals surface area contributed by atoms with Crippen LogP contribution in [-0.2, 0) is 20.7 Å². The van der Waals surface area contributed by atoms with Gasteiger partial charge < -0.3 is 19.6 Å². The zero-order valence-electron chi connectivity index (χ0n) is 18.3. The molecule has 174 valence electrons. The average Bonchev–Trinajstić information content (AvgIpc) is 3.16. The van der Waals surface area contributed by atoms with Gasteiger partial charge in [0.05, 0.1) is 22.3 Å². The minimum Gasteiger partial charge on any atom is -0.480 e. The third kappa shape index (κ3) is 5.73. The molecule has 1 unspecified atom stereocenters. The fourth-order valence-corrected chi connectivity index (χ4v) is 5.22. The number of aliphatic carboxylic acids is 1. The molecule has 10 heteroatoms. The zero-order chi connectivity index (χ0) is 23.4. The number of anilines is 1. The normalized spacial score (nSPS) is 16.6. The molecule has 1 amide bonds. The second-order valence-electron chi connectivity index (χ2n) is 8.02. The molecule has 32 heavy (non-hydrogen) atoms. The maximum atomic E-state index is 12.4. The van der Waals surface area contributed by atoms with Crippen molar-refractivity contribution in [2.75, 3.05) is 37.7 Å². The molecule has 3 rings (SSSR count). The van der Waals surface area contributed by atoms with Crippen molar-refractivity contribution >= 4 is 51.5 Å². The Balaban J connectivity index is 1.89. The van der Waals surface area contributed by atoms with E-state index in [4.69, 9.17) is 32.9 Å². The molecule has 1 aliphatic rings. The number of rotatable bonds is 8. The molecule has 1 fully saturated rings. The van der Waals surface area contributed by atoms with Crippen LogP contribution in [-0.4, -0.2) is 65.8 Å². The van der Waals surface area contributed by atoms with Gasteiger partial charge in [-0.15, -0.1) is 11.3 Å². The number of hydrogen-bond acceptors (Lipinski definition) is 6. The van der Waals surface area contributed by atoms with Crippen molar-refractivity contribution in [3.05, 3.63) is 33.1 Å². The Morgan fingerprint density at radius 3 is 2.66 bits per heavy atom. The fraction of sp³-hybridized carbons (Fsp3) is 0.500. The smallest absolute Gasteiger partial charge is 0.328 e. The molecule has 1 N–H and O–H groups in total. The summed E-state index contributed by atoms with van der Waals surface area (Å²) in [6, 6.07) is 4.49. The van der Waals surface area contributed by atoms with Crippen LogP contribution >= 0.6 is 34.5 Å². The highest BCUT2D eigenvalue weighted by Crippen LogP contribution is 2.37. The summed E-state index contributed by atoms with van der Waals surface area (Å²) < 4.78 is 5.18.